The van der Waals surface area contributed by atoms with Gasteiger partial charge in [0.05, 0.1) is 5.02 Å². The highest BCUT2D eigenvalue weighted by molar-refractivity contribution is 6.33. The number of anilines is 1. The largest absolute Gasteiger partial charge is 0.398 e. The summed E-state index contributed by atoms with van der Waals surface area (Å²) in [7, 11) is 0. The maximum Gasteiger partial charge on any atom is 0.247 e. The van der Waals surface area contributed by atoms with Gasteiger partial charge in [0, 0.05) is 67.0 Å². The lowest BCUT2D eigenvalue weighted by Gasteiger charge is -2.40. The Balaban J connectivity index is 1.29. The van der Waals surface area contributed by atoms with Gasteiger partial charge in [-0.1, -0.05) is 29.8 Å². The summed E-state index contributed by atoms with van der Waals surface area (Å²) in [6.45, 7) is 2.41. The fourth-order valence-corrected chi connectivity index (χ4v) is 5.35. The van der Waals surface area contributed by atoms with E-state index < -0.39 is 0 Å². The van der Waals surface area contributed by atoms with Gasteiger partial charge >= 0.3 is 0 Å². The number of benzene rings is 2. The molecule has 2 atom stereocenters. The molecule has 0 aliphatic carbocycles. The Bertz CT molecular complexity index is 1200. The molecule has 2 aliphatic rings. The summed E-state index contributed by atoms with van der Waals surface area (Å²) in [5, 5.41) is 0.546. The first-order valence-electron chi connectivity index (χ1n) is 11.4. The van der Waals surface area contributed by atoms with E-state index in [0.29, 0.717) is 10.7 Å². The molecule has 1 aromatic heterocycles. The SMILES string of the molecule is Nc1cc(Cl)c(-c2cccnc2)cc1/C=C/C(=O)N1C2CCC1CN(Cc1ccc(F)cc1)C2. The molecule has 7 heteroatoms. The van der Waals surface area contributed by atoms with Crippen LogP contribution in [0.25, 0.3) is 17.2 Å². The second-order valence-corrected chi connectivity index (χ2v) is 9.39. The van der Waals surface area contributed by atoms with E-state index in [-0.39, 0.29) is 23.8 Å². The molecular formula is C27H26ClFN4O. The number of nitrogens with two attached hydrogens (primary N) is 1. The second kappa shape index (κ2) is 9.57. The fraction of sp³-hybridized carbons (Fsp3) is 0.259. The van der Waals surface area contributed by atoms with Crippen molar-refractivity contribution in [3.05, 3.63) is 89.0 Å². The molecule has 2 unspecified atom stereocenters. The smallest absolute Gasteiger partial charge is 0.247 e. The van der Waals surface area contributed by atoms with Crippen LogP contribution in [0.1, 0.15) is 24.0 Å². The number of pyridine rings is 1. The number of fused-ring (bicyclic) bond motifs is 2. The third kappa shape index (κ3) is 4.69. The van der Waals surface area contributed by atoms with Gasteiger partial charge in [-0.05, 0) is 60.4 Å². The highest BCUT2D eigenvalue weighted by Gasteiger charge is 2.41. The number of carbonyl (C=O) groups excluding carboxylic acids is 1. The number of halogens is 2. The molecule has 2 bridgehead atoms. The van der Waals surface area contributed by atoms with Crippen molar-refractivity contribution in [3.63, 3.8) is 0 Å². The predicted octanol–water partition coefficient (Wildman–Crippen LogP) is 5.01. The van der Waals surface area contributed by atoms with Crippen LogP contribution < -0.4 is 5.73 Å². The third-order valence-corrected chi connectivity index (χ3v) is 7.00. The highest BCUT2D eigenvalue weighted by Crippen LogP contribution is 2.33. The van der Waals surface area contributed by atoms with Crippen LogP contribution in [-0.4, -0.2) is 45.9 Å². The van der Waals surface area contributed by atoms with Gasteiger partial charge in [0.25, 0.3) is 0 Å². The Kier molecular flexibility index (Phi) is 6.35. The molecule has 34 heavy (non-hydrogen) atoms. The van der Waals surface area contributed by atoms with Crippen molar-refractivity contribution in [1.29, 1.82) is 0 Å². The van der Waals surface area contributed by atoms with Gasteiger partial charge in [-0.25, -0.2) is 4.39 Å². The summed E-state index contributed by atoms with van der Waals surface area (Å²) in [6, 6.07) is 14.4. The molecular weight excluding hydrogens is 451 g/mol. The van der Waals surface area contributed by atoms with Gasteiger partial charge in [-0.2, -0.15) is 0 Å². The number of rotatable bonds is 5. The predicted molar refractivity (Wildman–Crippen MR) is 133 cm³/mol. The summed E-state index contributed by atoms with van der Waals surface area (Å²) in [5.41, 5.74) is 10.3. The normalized spacial score (nSPS) is 20.2. The Hall–Kier alpha value is -3.22. The zero-order valence-corrected chi connectivity index (χ0v) is 19.5. The molecule has 0 saturated carbocycles. The van der Waals surface area contributed by atoms with Gasteiger partial charge in [0.15, 0.2) is 0 Å². The van der Waals surface area contributed by atoms with Crippen molar-refractivity contribution >= 4 is 29.3 Å². The average Bonchev–Trinajstić information content (AvgIpc) is 3.11. The van der Waals surface area contributed by atoms with E-state index in [0.717, 1.165) is 54.7 Å². The van der Waals surface area contributed by atoms with E-state index in [1.165, 1.54) is 12.1 Å². The van der Waals surface area contributed by atoms with E-state index in [2.05, 4.69) is 9.88 Å². The second-order valence-electron chi connectivity index (χ2n) is 8.99. The number of nitrogens with zero attached hydrogens (tertiary/aromatic N) is 3. The Morgan fingerprint density at radius 3 is 2.56 bits per heavy atom. The van der Waals surface area contributed by atoms with Crippen LogP contribution in [-0.2, 0) is 11.3 Å². The molecule has 0 radical (unpaired) electrons. The first-order chi connectivity index (χ1) is 16.5. The molecule has 2 aromatic carbocycles. The Morgan fingerprint density at radius 1 is 1.15 bits per heavy atom. The van der Waals surface area contributed by atoms with Crippen LogP contribution in [0.15, 0.2) is 67.0 Å². The lowest BCUT2D eigenvalue weighted by molar-refractivity contribution is -0.131. The van der Waals surface area contributed by atoms with E-state index in [9.17, 15) is 9.18 Å². The molecule has 5 nitrogen and oxygen atoms in total. The summed E-state index contributed by atoms with van der Waals surface area (Å²) in [5.74, 6) is -0.217. The summed E-state index contributed by atoms with van der Waals surface area (Å²) >= 11 is 6.42. The van der Waals surface area contributed by atoms with Crippen LogP contribution in [0, 0.1) is 5.82 Å². The topological polar surface area (TPSA) is 62.5 Å². The maximum absolute atomic E-state index is 13.2. The molecule has 5 rings (SSSR count). The number of piperazine rings is 1. The summed E-state index contributed by atoms with van der Waals surface area (Å²) in [4.78, 5) is 21.7. The Morgan fingerprint density at radius 2 is 1.88 bits per heavy atom. The van der Waals surface area contributed by atoms with Crippen LogP contribution in [0.5, 0.6) is 0 Å². The third-order valence-electron chi connectivity index (χ3n) is 6.68. The molecule has 3 heterocycles. The zero-order chi connectivity index (χ0) is 23.7. The molecule has 2 fully saturated rings. The van der Waals surface area contributed by atoms with E-state index >= 15 is 0 Å². The van der Waals surface area contributed by atoms with Crippen LogP contribution in [0.2, 0.25) is 5.02 Å². The minimum absolute atomic E-state index is 0.00575. The number of hydrogen-bond acceptors (Lipinski definition) is 4. The monoisotopic (exact) mass is 476 g/mol. The standard InChI is InChI=1S/C27H26ClFN4O/c28-25-13-26(30)19(12-24(25)20-2-1-11-31-14-20)5-10-27(34)33-22-8-9-23(33)17-32(16-22)15-18-3-6-21(29)7-4-18/h1-7,10-14,22-23H,8-9,15-17,30H2/b10-5+. The minimum Gasteiger partial charge on any atom is -0.398 e. The minimum atomic E-state index is -0.222. The van der Waals surface area contributed by atoms with Crippen LogP contribution in [0.4, 0.5) is 10.1 Å². The van der Waals surface area contributed by atoms with E-state index in [1.54, 1.807) is 30.6 Å². The number of aromatic nitrogens is 1. The van der Waals surface area contributed by atoms with Gasteiger partial charge in [0.1, 0.15) is 5.82 Å². The molecule has 3 aromatic rings. The first kappa shape index (κ1) is 22.6. The van der Waals surface area contributed by atoms with Gasteiger partial charge in [-0.3, -0.25) is 14.7 Å². The van der Waals surface area contributed by atoms with Crippen molar-refractivity contribution in [2.24, 2.45) is 0 Å². The van der Waals surface area contributed by atoms with Gasteiger partial charge in [-0.15, -0.1) is 0 Å². The lowest BCUT2D eigenvalue weighted by atomic mass is 10.0. The maximum atomic E-state index is 13.2. The van der Waals surface area contributed by atoms with Crippen LogP contribution >= 0.6 is 11.6 Å². The number of nitrogen functional groups attached to an aromatic ring is 1. The van der Waals surface area contributed by atoms with Crippen molar-refractivity contribution in [2.75, 3.05) is 18.8 Å². The number of hydrogen-bond donors (Lipinski definition) is 1. The van der Waals surface area contributed by atoms with Crippen molar-refractivity contribution in [2.45, 2.75) is 31.5 Å². The molecule has 0 spiro atoms. The molecule has 2 aliphatic heterocycles. The first-order valence-corrected chi connectivity index (χ1v) is 11.8. The number of likely N-dealkylation sites (tertiary alicyclic amines) is 1. The summed E-state index contributed by atoms with van der Waals surface area (Å²) in [6.07, 6.45) is 8.85. The van der Waals surface area contributed by atoms with E-state index in [4.69, 9.17) is 17.3 Å². The molecule has 174 valence electrons. The zero-order valence-electron chi connectivity index (χ0n) is 18.7. The number of amides is 1. The summed E-state index contributed by atoms with van der Waals surface area (Å²) < 4.78 is 13.2. The van der Waals surface area contributed by atoms with Crippen molar-refractivity contribution in [1.82, 2.24) is 14.8 Å². The van der Waals surface area contributed by atoms with E-state index in [1.807, 2.05) is 35.2 Å². The van der Waals surface area contributed by atoms with Crippen LogP contribution in [0.3, 0.4) is 0 Å². The highest BCUT2D eigenvalue weighted by atomic mass is 35.5. The van der Waals surface area contributed by atoms with Gasteiger partial charge in [0.2, 0.25) is 5.91 Å². The lowest BCUT2D eigenvalue weighted by Crippen LogP contribution is -2.55. The van der Waals surface area contributed by atoms with Crippen molar-refractivity contribution in [3.8, 4) is 11.1 Å². The fourth-order valence-electron chi connectivity index (χ4n) is 5.07. The molecule has 1 amide bonds. The average molecular weight is 477 g/mol. The molecule has 2 N–H and O–H groups in total. The Labute approximate surface area is 203 Å². The van der Waals surface area contributed by atoms with Gasteiger partial charge < -0.3 is 10.6 Å². The molecule has 2 saturated heterocycles. The quantitative estimate of drug-likeness (QED) is 0.415. The van der Waals surface area contributed by atoms with Crippen molar-refractivity contribution < 1.29 is 9.18 Å². The number of carbonyl (C=O) groups is 1.